The SMILES string of the molecule is COCCc1nc(N)cc(Nc2cccc(OC)c2)n1. The molecule has 6 heteroatoms. The summed E-state index contributed by atoms with van der Waals surface area (Å²) in [5, 5.41) is 3.18. The maximum atomic E-state index is 5.78. The highest BCUT2D eigenvalue weighted by Gasteiger charge is 2.04. The second-order valence-electron chi connectivity index (χ2n) is 4.19. The molecule has 0 amide bonds. The molecule has 6 nitrogen and oxygen atoms in total. The Kier molecular flexibility index (Phi) is 4.73. The number of ether oxygens (including phenoxy) is 2. The molecule has 3 N–H and O–H groups in total. The van der Waals surface area contributed by atoms with Crippen LogP contribution in [0.3, 0.4) is 0 Å². The molecule has 106 valence electrons. The van der Waals surface area contributed by atoms with Crippen molar-refractivity contribution in [2.75, 3.05) is 31.9 Å². The minimum absolute atomic E-state index is 0.427. The zero-order valence-electron chi connectivity index (χ0n) is 11.6. The molecule has 0 spiro atoms. The predicted molar refractivity (Wildman–Crippen MR) is 78.3 cm³/mol. The molecule has 0 radical (unpaired) electrons. The maximum absolute atomic E-state index is 5.78. The van der Waals surface area contributed by atoms with E-state index in [1.165, 1.54) is 0 Å². The highest BCUT2D eigenvalue weighted by molar-refractivity contribution is 5.60. The van der Waals surface area contributed by atoms with Crippen LogP contribution in [0.5, 0.6) is 5.75 Å². The second kappa shape index (κ2) is 6.72. The third-order valence-electron chi connectivity index (χ3n) is 2.66. The minimum Gasteiger partial charge on any atom is -0.497 e. The van der Waals surface area contributed by atoms with Crippen molar-refractivity contribution in [1.29, 1.82) is 0 Å². The molecule has 1 aromatic carbocycles. The molecule has 0 unspecified atom stereocenters. The molecular formula is C14H18N4O2. The number of nitrogens with zero attached hydrogens (tertiary/aromatic N) is 2. The molecule has 0 fully saturated rings. The lowest BCUT2D eigenvalue weighted by Gasteiger charge is -2.09. The van der Waals surface area contributed by atoms with E-state index in [1.807, 2.05) is 24.3 Å². The molecule has 0 saturated heterocycles. The number of nitrogens with two attached hydrogens (primary N) is 1. The standard InChI is InChI=1S/C14H18N4O2/c1-19-7-6-13-17-12(15)9-14(18-13)16-10-4-3-5-11(8-10)20-2/h3-5,8-9H,6-7H2,1-2H3,(H3,15,16,17,18). The molecule has 0 aliphatic rings. The van der Waals surface area contributed by atoms with Crippen LogP contribution < -0.4 is 15.8 Å². The van der Waals surface area contributed by atoms with Crippen LogP contribution in [0.2, 0.25) is 0 Å². The van der Waals surface area contributed by atoms with E-state index in [9.17, 15) is 0 Å². The van der Waals surface area contributed by atoms with Gasteiger partial charge >= 0.3 is 0 Å². The Hall–Kier alpha value is -2.34. The van der Waals surface area contributed by atoms with Gasteiger partial charge in [-0.1, -0.05) is 6.07 Å². The number of benzene rings is 1. The van der Waals surface area contributed by atoms with Gasteiger partial charge in [0.25, 0.3) is 0 Å². The van der Waals surface area contributed by atoms with Crippen LogP contribution in [0.15, 0.2) is 30.3 Å². The van der Waals surface area contributed by atoms with E-state index in [0.717, 1.165) is 11.4 Å². The average Bonchev–Trinajstić information content (AvgIpc) is 2.44. The van der Waals surface area contributed by atoms with Gasteiger partial charge in [0.2, 0.25) is 0 Å². The zero-order chi connectivity index (χ0) is 14.4. The quantitative estimate of drug-likeness (QED) is 0.838. The predicted octanol–water partition coefficient (Wildman–Crippen LogP) is 2.00. The number of nitrogens with one attached hydrogen (secondary N) is 1. The Morgan fingerprint density at radius 1 is 1.20 bits per heavy atom. The van der Waals surface area contributed by atoms with Gasteiger partial charge in [-0.15, -0.1) is 0 Å². The topological polar surface area (TPSA) is 82.3 Å². The molecule has 2 aromatic rings. The Balaban J connectivity index is 2.17. The minimum atomic E-state index is 0.427. The van der Waals surface area contributed by atoms with E-state index < -0.39 is 0 Å². The summed E-state index contributed by atoms with van der Waals surface area (Å²) in [5.41, 5.74) is 6.66. The molecule has 0 atom stereocenters. The smallest absolute Gasteiger partial charge is 0.136 e. The fourth-order valence-corrected chi connectivity index (χ4v) is 1.74. The third kappa shape index (κ3) is 3.83. The highest BCUT2D eigenvalue weighted by Crippen LogP contribution is 2.21. The van der Waals surface area contributed by atoms with E-state index in [0.29, 0.717) is 30.5 Å². The van der Waals surface area contributed by atoms with Crippen LogP contribution in [-0.2, 0) is 11.2 Å². The van der Waals surface area contributed by atoms with Crippen LogP contribution in [0.25, 0.3) is 0 Å². The fraction of sp³-hybridized carbons (Fsp3) is 0.286. The summed E-state index contributed by atoms with van der Waals surface area (Å²) in [4.78, 5) is 8.57. The first-order valence-electron chi connectivity index (χ1n) is 6.24. The Labute approximate surface area is 118 Å². The van der Waals surface area contributed by atoms with Crippen LogP contribution in [0.1, 0.15) is 5.82 Å². The Morgan fingerprint density at radius 2 is 2.05 bits per heavy atom. The van der Waals surface area contributed by atoms with Gasteiger partial charge < -0.3 is 20.5 Å². The van der Waals surface area contributed by atoms with Crippen molar-refractivity contribution >= 4 is 17.3 Å². The number of aromatic nitrogens is 2. The summed E-state index contributed by atoms with van der Waals surface area (Å²) < 4.78 is 10.2. The molecule has 0 saturated carbocycles. The van der Waals surface area contributed by atoms with Gasteiger partial charge in [0.15, 0.2) is 0 Å². The van der Waals surface area contributed by atoms with E-state index in [4.69, 9.17) is 15.2 Å². The van der Waals surface area contributed by atoms with E-state index >= 15 is 0 Å². The van der Waals surface area contributed by atoms with Crippen LogP contribution in [0, 0.1) is 0 Å². The highest BCUT2D eigenvalue weighted by atomic mass is 16.5. The Bertz CT molecular complexity index is 575. The van der Waals surface area contributed by atoms with Gasteiger partial charge in [-0.05, 0) is 12.1 Å². The molecule has 20 heavy (non-hydrogen) atoms. The van der Waals surface area contributed by atoms with Gasteiger partial charge in [-0.2, -0.15) is 0 Å². The van der Waals surface area contributed by atoms with E-state index in [1.54, 1.807) is 20.3 Å². The first-order chi connectivity index (χ1) is 9.71. The molecule has 0 bridgehead atoms. The number of anilines is 3. The van der Waals surface area contributed by atoms with Crippen molar-refractivity contribution in [1.82, 2.24) is 9.97 Å². The summed E-state index contributed by atoms with van der Waals surface area (Å²) in [6.07, 6.45) is 0.619. The molecule has 2 rings (SSSR count). The zero-order valence-corrected chi connectivity index (χ0v) is 11.6. The van der Waals surface area contributed by atoms with Gasteiger partial charge in [-0.25, -0.2) is 9.97 Å². The van der Waals surface area contributed by atoms with Crippen LogP contribution >= 0.6 is 0 Å². The van der Waals surface area contributed by atoms with E-state index in [-0.39, 0.29) is 0 Å². The Morgan fingerprint density at radius 3 is 2.80 bits per heavy atom. The van der Waals surface area contributed by atoms with Crippen molar-refractivity contribution in [2.24, 2.45) is 0 Å². The third-order valence-corrected chi connectivity index (χ3v) is 2.66. The lowest BCUT2D eigenvalue weighted by molar-refractivity contribution is 0.200. The second-order valence-corrected chi connectivity index (χ2v) is 4.19. The lowest BCUT2D eigenvalue weighted by atomic mass is 10.3. The number of rotatable bonds is 6. The summed E-state index contributed by atoms with van der Waals surface area (Å²) in [5.74, 6) is 2.50. The van der Waals surface area contributed by atoms with Gasteiger partial charge in [0.05, 0.1) is 13.7 Å². The van der Waals surface area contributed by atoms with Gasteiger partial charge in [0.1, 0.15) is 23.2 Å². The van der Waals surface area contributed by atoms with Gasteiger partial charge in [0, 0.05) is 31.4 Å². The van der Waals surface area contributed by atoms with Crippen LogP contribution in [0.4, 0.5) is 17.3 Å². The summed E-state index contributed by atoms with van der Waals surface area (Å²) in [7, 11) is 3.27. The number of hydrogen-bond acceptors (Lipinski definition) is 6. The largest absolute Gasteiger partial charge is 0.497 e. The lowest BCUT2D eigenvalue weighted by Crippen LogP contribution is -2.06. The van der Waals surface area contributed by atoms with Crippen molar-refractivity contribution < 1.29 is 9.47 Å². The summed E-state index contributed by atoms with van der Waals surface area (Å²) in [6.45, 7) is 0.558. The van der Waals surface area contributed by atoms with Gasteiger partial charge in [-0.3, -0.25) is 0 Å². The van der Waals surface area contributed by atoms with Crippen molar-refractivity contribution in [3.05, 3.63) is 36.2 Å². The number of nitrogen functional groups attached to an aromatic ring is 1. The normalized spacial score (nSPS) is 10.3. The summed E-state index contributed by atoms with van der Waals surface area (Å²) >= 11 is 0. The maximum Gasteiger partial charge on any atom is 0.136 e. The van der Waals surface area contributed by atoms with Crippen LogP contribution in [-0.4, -0.2) is 30.8 Å². The summed E-state index contributed by atoms with van der Waals surface area (Å²) in [6, 6.07) is 9.28. The molecule has 0 aliphatic carbocycles. The fourth-order valence-electron chi connectivity index (χ4n) is 1.74. The first-order valence-corrected chi connectivity index (χ1v) is 6.24. The molecule has 0 aliphatic heterocycles. The first kappa shape index (κ1) is 14.1. The number of hydrogen-bond donors (Lipinski definition) is 2. The van der Waals surface area contributed by atoms with E-state index in [2.05, 4.69) is 15.3 Å². The van der Waals surface area contributed by atoms with Crippen molar-refractivity contribution in [2.45, 2.75) is 6.42 Å². The molecular weight excluding hydrogens is 256 g/mol. The monoisotopic (exact) mass is 274 g/mol. The number of methoxy groups -OCH3 is 2. The van der Waals surface area contributed by atoms with Crippen molar-refractivity contribution in [3.8, 4) is 5.75 Å². The van der Waals surface area contributed by atoms with Crippen molar-refractivity contribution in [3.63, 3.8) is 0 Å². The molecule has 1 aromatic heterocycles. The molecule has 1 heterocycles. The average molecular weight is 274 g/mol.